The normalized spacial score (nSPS) is 10.4. The number of aromatic amines is 1. The van der Waals surface area contributed by atoms with Crippen LogP contribution in [0.5, 0.6) is 5.75 Å². The SMILES string of the molecule is COc1ccc(Cl)c2[nH]c(C=O)cc12. The molecule has 72 valence electrons. The van der Waals surface area contributed by atoms with Gasteiger partial charge < -0.3 is 9.72 Å². The molecule has 0 aliphatic carbocycles. The van der Waals surface area contributed by atoms with E-state index in [0.29, 0.717) is 16.5 Å². The third kappa shape index (κ3) is 1.26. The number of fused-ring (bicyclic) bond motifs is 1. The largest absolute Gasteiger partial charge is 0.496 e. The maximum absolute atomic E-state index is 10.6. The highest BCUT2D eigenvalue weighted by atomic mass is 35.5. The zero-order chi connectivity index (χ0) is 10.1. The highest BCUT2D eigenvalue weighted by Gasteiger charge is 2.08. The van der Waals surface area contributed by atoms with Crippen molar-refractivity contribution in [1.82, 2.24) is 4.98 Å². The number of hydrogen-bond donors (Lipinski definition) is 1. The van der Waals surface area contributed by atoms with E-state index in [0.717, 1.165) is 17.2 Å². The number of carbonyl (C=O) groups excluding carboxylic acids is 1. The third-order valence-corrected chi connectivity index (χ3v) is 2.39. The Balaban J connectivity index is 2.81. The fraction of sp³-hybridized carbons (Fsp3) is 0.100. The predicted octanol–water partition coefficient (Wildman–Crippen LogP) is 2.64. The molecule has 0 fully saturated rings. The Morgan fingerprint density at radius 2 is 2.29 bits per heavy atom. The fourth-order valence-corrected chi connectivity index (χ4v) is 1.63. The van der Waals surface area contributed by atoms with E-state index in [2.05, 4.69) is 4.98 Å². The van der Waals surface area contributed by atoms with Crippen molar-refractivity contribution >= 4 is 28.8 Å². The summed E-state index contributed by atoms with van der Waals surface area (Å²) in [7, 11) is 1.58. The number of halogens is 1. The summed E-state index contributed by atoms with van der Waals surface area (Å²) in [6, 6.07) is 5.22. The highest BCUT2D eigenvalue weighted by Crippen LogP contribution is 2.31. The second kappa shape index (κ2) is 3.35. The smallest absolute Gasteiger partial charge is 0.166 e. The molecule has 1 aromatic heterocycles. The third-order valence-electron chi connectivity index (χ3n) is 2.07. The fourth-order valence-electron chi connectivity index (χ4n) is 1.42. The van der Waals surface area contributed by atoms with Crippen molar-refractivity contribution < 1.29 is 9.53 Å². The van der Waals surface area contributed by atoms with Gasteiger partial charge in [-0.15, -0.1) is 0 Å². The lowest BCUT2D eigenvalue weighted by Crippen LogP contribution is -1.82. The number of aldehydes is 1. The van der Waals surface area contributed by atoms with E-state index in [1.54, 1.807) is 25.3 Å². The van der Waals surface area contributed by atoms with E-state index in [1.165, 1.54) is 0 Å². The number of nitrogens with one attached hydrogen (secondary N) is 1. The number of methoxy groups -OCH3 is 1. The van der Waals surface area contributed by atoms with Gasteiger partial charge >= 0.3 is 0 Å². The molecule has 0 bridgehead atoms. The maximum Gasteiger partial charge on any atom is 0.166 e. The molecule has 0 saturated heterocycles. The Labute approximate surface area is 85.6 Å². The molecule has 0 spiro atoms. The van der Waals surface area contributed by atoms with Crippen LogP contribution in [-0.2, 0) is 0 Å². The molecule has 3 nitrogen and oxygen atoms in total. The van der Waals surface area contributed by atoms with Crippen molar-refractivity contribution in [2.45, 2.75) is 0 Å². The lowest BCUT2D eigenvalue weighted by atomic mass is 10.2. The zero-order valence-electron chi connectivity index (χ0n) is 7.50. The molecule has 0 amide bonds. The monoisotopic (exact) mass is 209 g/mol. The molecular formula is C10H8ClNO2. The molecule has 2 rings (SSSR count). The van der Waals surface area contributed by atoms with Gasteiger partial charge in [-0.2, -0.15) is 0 Å². The maximum atomic E-state index is 10.6. The second-order valence-electron chi connectivity index (χ2n) is 2.88. The van der Waals surface area contributed by atoms with E-state index < -0.39 is 0 Å². The zero-order valence-corrected chi connectivity index (χ0v) is 8.26. The van der Waals surface area contributed by atoms with Crippen molar-refractivity contribution in [1.29, 1.82) is 0 Å². The minimum Gasteiger partial charge on any atom is -0.496 e. The molecule has 1 heterocycles. The van der Waals surface area contributed by atoms with Gasteiger partial charge in [0, 0.05) is 5.39 Å². The average Bonchev–Trinajstić information content (AvgIpc) is 2.63. The van der Waals surface area contributed by atoms with Gasteiger partial charge in [0.05, 0.1) is 23.3 Å². The molecule has 1 aromatic carbocycles. The molecule has 14 heavy (non-hydrogen) atoms. The molecule has 0 atom stereocenters. The van der Waals surface area contributed by atoms with Gasteiger partial charge in [0.1, 0.15) is 5.75 Å². The van der Waals surface area contributed by atoms with Gasteiger partial charge in [-0.05, 0) is 18.2 Å². The quantitative estimate of drug-likeness (QED) is 0.773. The van der Waals surface area contributed by atoms with Gasteiger partial charge in [-0.1, -0.05) is 11.6 Å². The molecule has 0 aliphatic rings. The Hall–Kier alpha value is -1.48. The van der Waals surface area contributed by atoms with Crippen LogP contribution in [-0.4, -0.2) is 18.4 Å². The summed E-state index contributed by atoms with van der Waals surface area (Å²) in [5.41, 5.74) is 1.22. The van der Waals surface area contributed by atoms with E-state index in [1.807, 2.05) is 0 Å². The molecule has 0 radical (unpaired) electrons. The summed E-state index contributed by atoms with van der Waals surface area (Å²) < 4.78 is 5.15. The van der Waals surface area contributed by atoms with Crippen LogP contribution in [0.3, 0.4) is 0 Å². The second-order valence-corrected chi connectivity index (χ2v) is 3.29. The number of hydrogen-bond acceptors (Lipinski definition) is 2. The van der Waals surface area contributed by atoms with Gasteiger partial charge in [0.15, 0.2) is 6.29 Å². The number of ether oxygens (including phenoxy) is 1. The molecule has 0 unspecified atom stereocenters. The Kier molecular flexibility index (Phi) is 2.17. The van der Waals surface area contributed by atoms with Crippen LogP contribution in [0.15, 0.2) is 18.2 Å². The summed E-state index contributed by atoms with van der Waals surface area (Å²) in [5.74, 6) is 0.703. The Bertz CT molecular complexity index is 490. The minimum atomic E-state index is 0.492. The standard InChI is InChI=1S/C10H8ClNO2/c1-14-9-3-2-8(11)10-7(9)4-6(5-13)12-10/h2-5,12H,1H3. The molecule has 2 aromatic rings. The first kappa shape index (κ1) is 9.09. The molecule has 0 aliphatic heterocycles. The number of rotatable bonds is 2. The van der Waals surface area contributed by atoms with Gasteiger partial charge in [0.2, 0.25) is 0 Å². The summed E-state index contributed by atoms with van der Waals surface area (Å²) in [6.45, 7) is 0. The van der Waals surface area contributed by atoms with Crippen molar-refractivity contribution in [3.63, 3.8) is 0 Å². The number of carbonyl (C=O) groups is 1. The van der Waals surface area contributed by atoms with Crippen molar-refractivity contribution in [2.24, 2.45) is 0 Å². The van der Waals surface area contributed by atoms with Gasteiger partial charge in [-0.3, -0.25) is 4.79 Å². The molecule has 1 N–H and O–H groups in total. The van der Waals surface area contributed by atoms with Gasteiger partial charge in [0.25, 0.3) is 0 Å². The summed E-state index contributed by atoms with van der Waals surface area (Å²) in [6.07, 6.45) is 0.746. The van der Waals surface area contributed by atoms with Crippen LogP contribution in [0.4, 0.5) is 0 Å². The van der Waals surface area contributed by atoms with E-state index in [-0.39, 0.29) is 0 Å². The predicted molar refractivity (Wildman–Crippen MR) is 55.2 cm³/mol. The number of aromatic nitrogens is 1. The Morgan fingerprint density at radius 3 is 2.93 bits per heavy atom. The molecule has 4 heteroatoms. The highest BCUT2D eigenvalue weighted by molar-refractivity contribution is 6.35. The van der Waals surface area contributed by atoms with Crippen LogP contribution < -0.4 is 4.74 Å². The number of benzene rings is 1. The molecule has 0 saturated carbocycles. The van der Waals surface area contributed by atoms with Crippen LogP contribution in [0.25, 0.3) is 10.9 Å². The van der Waals surface area contributed by atoms with Crippen molar-refractivity contribution in [2.75, 3.05) is 7.11 Å². The molecular weight excluding hydrogens is 202 g/mol. The summed E-state index contributed by atoms with van der Waals surface area (Å²) >= 11 is 5.95. The first-order valence-corrected chi connectivity index (χ1v) is 4.44. The van der Waals surface area contributed by atoms with Crippen molar-refractivity contribution in [3.8, 4) is 5.75 Å². The van der Waals surface area contributed by atoms with E-state index >= 15 is 0 Å². The van der Waals surface area contributed by atoms with E-state index in [4.69, 9.17) is 16.3 Å². The minimum absolute atomic E-state index is 0.492. The van der Waals surface area contributed by atoms with Crippen LogP contribution >= 0.6 is 11.6 Å². The van der Waals surface area contributed by atoms with Crippen LogP contribution in [0, 0.1) is 0 Å². The average molecular weight is 210 g/mol. The first-order valence-electron chi connectivity index (χ1n) is 4.06. The Morgan fingerprint density at radius 1 is 1.50 bits per heavy atom. The first-order chi connectivity index (χ1) is 6.76. The van der Waals surface area contributed by atoms with Gasteiger partial charge in [-0.25, -0.2) is 0 Å². The topological polar surface area (TPSA) is 42.1 Å². The summed E-state index contributed by atoms with van der Waals surface area (Å²) in [4.78, 5) is 13.5. The number of H-pyrrole nitrogens is 1. The van der Waals surface area contributed by atoms with Crippen LogP contribution in [0.1, 0.15) is 10.5 Å². The van der Waals surface area contributed by atoms with Crippen molar-refractivity contribution in [3.05, 3.63) is 28.9 Å². The van der Waals surface area contributed by atoms with E-state index in [9.17, 15) is 4.79 Å². The lowest BCUT2D eigenvalue weighted by Gasteiger charge is -2.01. The van der Waals surface area contributed by atoms with Crippen LogP contribution in [0.2, 0.25) is 5.02 Å². The summed E-state index contributed by atoms with van der Waals surface area (Å²) in [5, 5.41) is 1.40. The lowest BCUT2D eigenvalue weighted by molar-refractivity contribution is 0.112.